The van der Waals surface area contributed by atoms with Crippen molar-refractivity contribution in [3.63, 3.8) is 0 Å². The van der Waals surface area contributed by atoms with Crippen LogP contribution in [0.5, 0.6) is 0 Å². The number of nitrogens with zero attached hydrogens (tertiary/aromatic N) is 2. The number of hydrogen-bond donors (Lipinski definition) is 2. The molecule has 2 aromatic heterocycles. The molecular formula is C12H14N4. The van der Waals surface area contributed by atoms with Crippen molar-refractivity contribution in [3.8, 4) is 0 Å². The number of hydrogen-bond acceptors (Lipinski definition) is 4. The van der Waals surface area contributed by atoms with E-state index >= 15 is 0 Å². The molecule has 0 aliphatic rings. The van der Waals surface area contributed by atoms with Gasteiger partial charge in [-0.2, -0.15) is 0 Å². The number of rotatable bonds is 4. The van der Waals surface area contributed by atoms with Crippen LogP contribution in [-0.4, -0.2) is 16.5 Å². The van der Waals surface area contributed by atoms with Crippen molar-refractivity contribution >= 4 is 11.5 Å². The van der Waals surface area contributed by atoms with Crippen LogP contribution >= 0.6 is 0 Å². The molecule has 0 radical (unpaired) electrons. The van der Waals surface area contributed by atoms with Gasteiger partial charge >= 0.3 is 0 Å². The molecule has 0 amide bonds. The summed E-state index contributed by atoms with van der Waals surface area (Å²) in [4.78, 5) is 8.07. The standard InChI is InChI=1S/C12H14N4/c13-12-11(4-2-7-16-12)15-8-5-10-3-1-6-14-9-10/h1-4,6-7,9,15H,5,8H2,(H2,13,16). The third kappa shape index (κ3) is 2.70. The molecular weight excluding hydrogens is 200 g/mol. The molecule has 2 heterocycles. The number of anilines is 2. The highest BCUT2D eigenvalue weighted by Gasteiger charge is 1.97. The van der Waals surface area contributed by atoms with E-state index in [1.807, 2.05) is 24.4 Å². The van der Waals surface area contributed by atoms with Gasteiger partial charge in [-0.15, -0.1) is 0 Å². The number of pyridine rings is 2. The van der Waals surface area contributed by atoms with Crippen LogP contribution in [-0.2, 0) is 6.42 Å². The van der Waals surface area contributed by atoms with Crippen molar-refractivity contribution in [2.75, 3.05) is 17.6 Å². The average molecular weight is 214 g/mol. The molecule has 4 nitrogen and oxygen atoms in total. The van der Waals surface area contributed by atoms with Crippen molar-refractivity contribution in [1.82, 2.24) is 9.97 Å². The number of nitrogens with two attached hydrogens (primary N) is 1. The maximum atomic E-state index is 5.71. The van der Waals surface area contributed by atoms with Crippen molar-refractivity contribution in [3.05, 3.63) is 48.4 Å². The summed E-state index contributed by atoms with van der Waals surface area (Å²) < 4.78 is 0. The molecule has 0 aromatic carbocycles. The largest absolute Gasteiger partial charge is 0.382 e. The third-order valence-corrected chi connectivity index (χ3v) is 2.29. The zero-order valence-corrected chi connectivity index (χ0v) is 8.93. The highest BCUT2D eigenvalue weighted by molar-refractivity contribution is 5.60. The lowest BCUT2D eigenvalue weighted by molar-refractivity contribution is 1.00. The highest BCUT2D eigenvalue weighted by Crippen LogP contribution is 2.13. The Morgan fingerprint density at radius 3 is 2.81 bits per heavy atom. The van der Waals surface area contributed by atoms with Crippen molar-refractivity contribution in [1.29, 1.82) is 0 Å². The number of nitrogen functional groups attached to an aromatic ring is 1. The molecule has 0 unspecified atom stereocenters. The van der Waals surface area contributed by atoms with Crippen molar-refractivity contribution < 1.29 is 0 Å². The van der Waals surface area contributed by atoms with E-state index in [-0.39, 0.29) is 0 Å². The van der Waals surface area contributed by atoms with Crippen LogP contribution in [0.2, 0.25) is 0 Å². The van der Waals surface area contributed by atoms with Crippen molar-refractivity contribution in [2.24, 2.45) is 0 Å². The second kappa shape index (κ2) is 5.11. The Labute approximate surface area is 94.5 Å². The summed E-state index contributed by atoms with van der Waals surface area (Å²) in [6, 6.07) is 7.78. The van der Waals surface area contributed by atoms with Gasteiger partial charge in [0, 0.05) is 25.1 Å². The second-order valence-electron chi connectivity index (χ2n) is 3.47. The first kappa shape index (κ1) is 10.4. The van der Waals surface area contributed by atoms with E-state index in [0.717, 1.165) is 18.7 Å². The summed E-state index contributed by atoms with van der Waals surface area (Å²) in [5, 5.41) is 3.25. The van der Waals surface area contributed by atoms with Crippen molar-refractivity contribution in [2.45, 2.75) is 6.42 Å². The Balaban J connectivity index is 1.87. The summed E-state index contributed by atoms with van der Waals surface area (Å²) in [7, 11) is 0. The summed E-state index contributed by atoms with van der Waals surface area (Å²) in [6.45, 7) is 0.821. The van der Waals surface area contributed by atoms with Crippen LogP contribution in [0.4, 0.5) is 11.5 Å². The monoisotopic (exact) mass is 214 g/mol. The van der Waals surface area contributed by atoms with Crippen LogP contribution in [0.1, 0.15) is 5.56 Å². The predicted molar refractivity (Wildman–Crippen MR) is 65.1 cm³/mol. The van der Waals surface area contributed by atoms with E-state index in [9.17, 15) is 0 Å². The molecule has 0 fully saturated rings. The molecule has 0 saturated carbocycles. The quantitative estimate of drug-likeness (QED) is 0.813. The Kier molecular flexibility index (Phi) is 3.33. The summed E-state index contributed by atoms with van der Waals surface area (Å²) in [6.07, 6.45) is 6.24. The number of aromatic nitrogens is 2. The van der Waals surface area contributed by atoms with Crippen LogP contribution in [0.3, 0.4) is 0 Å². The fourth-order valence-corrected chi connectivity index (χ4v) is 1.45. The van der Waals surface area contributed by atoms with E-state index in [0.29, 0.717) is 5.82 Å². The van der Waals surface area contributed by atoms with E-state index in [2.05, 4.69) is 21.4 Å². The second-order valence-corrected chi connectivity index (χ2v) is 3.47. The van der Waals surface area contributed by atoms with Gasteiger partial charge in [0.25, 0.3) is 0 Å². The van der Waals surface area contributed by atoms with E-state index in [1.54, 1.807) is 12.4 Å². The average Bonchev–Trinajstić information content (AvgIpc) is 2.33. The smallest absolute Gasteiger partial charge is 0.146 e. The van der Waals surface area contributed by atoms with E-state index in [1.165, 1.54) is 5.56 Å². The Hall–Kier alpha value is -2.10. The molecule has 0 spiro atoms. The summed E-state index contributed by atoms with van der Waals surface area (Å²) in [5.74, 6) is 0.536. The van der Waals surface area contributed by atoms with Crippen LogP contribution in [0.25, 0.3) is 0 Å². The molecule has 82 valence electrons. The lowest BCUT2D eigenvalue weighted by Crippen LogP contribution is -2.07. The Morgan fingerprint density at radius 1 is 1.19 bits per heavy atom. The fourth-order valence-electron chi connectivity index (χ4n) is 1.45. The molecule has 3 N–H and O–H groups in total. The SMILES string of the molecule is Nc1ncccc1NCCc1cccnc1. The van der Waals surface area contributed by atoms with Gasteiger partial charge in [-0.25, -0.2) is 4.98 Å². The summed E-state index contributed by atoms with van der Waals surface area (Å²) >= 11 is 0. The minimum Gasteiger partial charge on any atom is -0.382 e. The Bertz CT molecular complexity index is 442. The van der Waals surface area contributed by atoms with Gasteiger partial charge in [0.2, 0.25) is 0 Å². The molecule has 0 atom stereocenters. The molecule has 0 bridgehead atoms. The number of nitrogens with one attached hydrogen (secondary N) is 1. The lowest BCUT2D eigenvalue weighted by atomic mass is 10.2. The molecule has 0 aliphatic carbocycles. The maximum absolute atomic E-state index is 5.71. The molecule has 2 aromatic rings. The minimum absolute atomic E-state index is 0.536. The first-order chi connectivity index (χ1) is 7.86. The topological polar surface area (TPSA) is 63.8 Å². The van der Waals surface area contributed by atoms with Crippen LogP contribution in [0, 0.1) is 0 Å². The van der Waals surface area contributed by atoms with Gasteiger partial charge in [-0.05, 0) is 30.2 Å². The molecule has 16 heavy (non-hydrogen) atoms. The predicted octanol–water partition coefficient (Wildman–Crippen LogP) is 1.71. The fraction of sp³-hybridized carbons (Fsp3) is 0.167. The van der Waals surface area contributed by atoms with Gasteiger partial charge in [0.15, 0.2) is 0 Å². The van der Waals surface area contributed by atoms with Gasteiger partial charge in [-0.1, -0.05) is 6.07 Å². The van der Waals surface area contributed by atoms with Gasteiger partial charge < -0.3 is 11.1 Å². The molecule has 2 rings (SSSR count). The zero-order chi connectivity index (χ0) is 11.2. The Morgan fingerprint density at radius 2 is 2.06 bits per heavy atom. The van der Waals surface area contributed by atoms with Gasteiger partial charge in [0.05, 0.1) is 5.69 Å². The zero-order valence-electron chi connectivity index (χ0n) is 8.93. The highest BCUT2D eigenvalue weighted by atomic mass is 14.9. The molecule has 0 saturated heterocycles. The minimum atomic E-state index is 0.536. The first-order valence-corrected chi connectivity index (χ1v) is 5.19. The van der Waals surface area contributed by atoms with E-state index in [4.69, 9.17) is 5.73 Å². The van der Waals surface area contributed by atoms with Crippen LogP contribution < -0.4 is 11.1 Å². The lowest BCUT2D eigenvalue weighted by Gasteiger charge is -2.07. The summed E-state index contributed by atoms with van der Waals surface area (Å²) in [5.41, 5.74) is 7.80. The van der Waals surface area contributed by atoms with Crippen LogP contribution in [0.15, 0.2) is 42.9 Å². The molecule has 0 aliphatic heterocycles. The molecule has 4 heteroatoms. The van der Waals surface area contributed by atoms with Gasteiger partial charge in [-0.3, -0.25) is 4.98 Å². The normalized spacial score (nSPS) is 10.0. The third-order valence-electron chi connectivity index (χ3n) is 2.29. The maximum Gasteiger partial charge on any atom is 0.146 e. The van der Waals surface area contributed by atoms with E-state index < -0.39 is 0 Å². The first-order valence-electron chi connectivity index (χ1n) is 5.19. The van der Waals surface area contributed by atoms with Gasteiger partial charge in [0.1, 0.15) is 5.82 Å².